The Morgan fingerprint density at radius 2 is 2.00 bits per heavy atom. The molecular weight excluding hydrogens is 370 g/mol. The van der Waals surface area contributed by atoms with Crippen molar-refractivity contribution in [1.82, 2.24) is 4.72 Å². The molecule has 6 nitrogen and oxygen atoms in total. The van der Waals surface area contributed by atoms with Gasteiger partial charge >= 0.3 is 5.97 Å². The second-order valence-electron chi connectivity index (χ2n) is 6.64. The summed E-state index contributed by atoms with van der Waals surface area (Å²) < 4.78 is 15.4. The number of nitrogens with two attached hydrogens (primary N) is 1. The first-order chi connectivity index (χ1) is 12.2. The number of rotatable bonds is 6. The Morgan fingerprint density at radius 1 is 1.35 bits per heavy atom. The van der Waals surface area contributed by atoms with Crippen LogP contribution in [-0.4, -0.2) is 21.1 Å². The van der Waals surface area contributed by atoms with Gasteiger partial charge in [-0.05, 0) is 32.4 Å². The number of nitrogens with one attached hydrogen (secondary N) is 1. The highest BCUT2D eigenvalue weighted by molar-refractivity contribution is 7.90. The van der Waals surface area contributed by atoms with Gasteiger partial charge in [-0.1, -0.05) is 35.5 Å². The van der Waals surface area contributed by atoms with Gasteiger partial charge in [0.2, 0.25) is 0 Å². The van der Waals surface area contributed by atoms with Gasteiger partial charge in [-0.2, -0.15) is 0 Å². The predicted octanol–water partition coefficient (Wildman–Crippen LogP) is 3.07. The van der Waals surface area contributed by atoms with E-state index in [4.69, 9.17) is 5.73 Å². The molecule has 1 aromatic heterocycles. The maximum absolute atomic E-state index is 12.6. The van der Waals surface area contributed by atoms with E-state index in [-0.39, 0.29) is 11.9 Å². The highest BCUT2D eigenvalue weighted by Crippen LogP contribution is 2.30. The number of hydrogen-bond donors (Lipinski definition) is 2. The van der Waals surface area contributed by atoms with E-state index in [0.29, 0.717) is 5.56 Å². The van der Waals surface area contributed by atoms with Gasteiger partial charge in [0.05, 0.1) is 0 Å². The Labute approximate surface area is 160 Å². The highest BCUT2D eigenvalue weighted by Gasteiger charge is 2.31. The number of amidine groups is 1. The molecule has 1 unspecified atom stereocenters. The van der Waals surface area contributed by atoms with Gasteiger partial charge in [0.1, 0.15) is 10.8 Å². The van der Waals surface area contributed by atoms with Crippen molar-refractivity contribution < 1.29 is 14.2 Å². The summed E-state index contributed by atoms with van der Waals surface area (Å²) in [4.78, 5) is 16.4. The van der Waals surface area contributed by atoms with Crippen molar-refractivity contribution in [2.24, 2.45) is 10.9 Å². The molecule has 0 radical (unpaired) electrons. The Balaban J connectivity index is 2.32. The van der Waals surface area contributed by atoms with E-state index in [1.165, 1.54) is 18.3 Å². The molecule has 0 amide bonds. The summed E-state index contributed by atoms with van der Waals surface area (Å²) in [5, 5.41) is 5.44. The number of benzene rings is 1. The fourth-order valence-corrected chi connectivity index (χ4v) is 3.91. The van der Waals surface area contributed by atoms with E-state index in [1.54, 1.807) is 0 Å². The number of thiophene rings is 1. The van der Waals surface area contributed by atoms with E-state index in [9.17, 15) is 9.35 Å². The van der Waals surface area contributed by atoms with Crippen molar-refractivity contribution in [3.05, 3.63) is 57.8 Å². The molecule has 3 N–H and O–H groups in total. The molecule has 0 aliphatic rings. The van der Waals surface area contributed by atoms with Gasteiger partial charge in [0.25, 0.3) is 0 Å². The van der Waals surface area contributed by atoms with Crippen LogP contribution in [0.25, 0.3) is 0 Å². The molecule has 0 saturated heterocycles. The lowest BCUT2D eigenvalue weighted by Crippen LogP contribution is -2.41. The molecule has 0 aliphatic heterocycles. The number of hydrogen-bond acceptors (Lipinski definition) is 6. The zero-order valence-electron chi connectivity index (χ0n) is 15.2. The van der Waals surface area contributed by atoms with Crippen LogP contribution < -0.4 is 10.5 Å². The summed E-state index contributed by atoms with van der Waals surface area (Å²) in [6.07, 6.45) is 0. The Morgan fingerprint density at radius 3 is 2.58 bits per heavy atom. The van der Waals surface area contributed by atoms with Gasteiger partial charge in [-0.15, -0.1) is 16.1 Å². The fourth-order valence-electron chi connectivity index (χ4n) is 2.02. The van der Waals surface area contributed by atoms with Crippen molar-refractivity contribution in [3.63, 3.8) is 0 Å². The lowest BCUT2D eigenvalue weighted by atomic mass is 10.1. The minimum atomic E-state index is -1.25. The number of carbonyl (C=O) groups is 1. The zero-order chi connectivity index (χ0) is 19.3. The summed E-state index contributed by atoms with van der Waals surface area (Å²) >= 11 is 0.216. The largest absolute Gasteiger partial charge is 0.598 e. The highest BCUT2D eigenvalue weighted by atomic mass is 32.2. The third-order valence-electron chi connectivity index (χ3n) is 3.39. The van der Waals surface area contributed by atoms with E-state index in [2.05, 4.69) is 14.7 Å². The van der Waals surface area contributed by atoms with Crippen molar-refractivity contribution in [3.8, 4) is 0 Å². The van der Waals surface area contributed by atoms with Gasteiger partial charge < -0.3 is 15.1 Å². The van der Waals surface area contributed by atoms with Crippen LogP contribution in [0.15, 0.2) is 46.9 Å². The van der Waals surface area contributed by atoms with Gasteiger partial charge in [-0.3, -0.25) is 0 Å². The zero-order valence-corrected chi connectivity index (χ0v) is 16.8. The predicted molar refractivity (Wildman–Crippen MR) is 106 cm³/mol. The molecule has 2 atom stereocenters. The normalized spacial score (nSPS) is 14.7. The van der Waals surface area contributed by atoms with Crippen LogP contribution in [0, 0.1) is 0 Å². The fraction of sp³-hybridized carbons (Fsp3) is 0.333. The molecule has 2 aromatic rings. The third kappa shape index (κ3) is 5.57. The van der Waals surface area contributed by atoms with Gasteiger partial charge in [0, 0.05) is 34.1 Å². The van der Waals surface area contributed by atoms with Crippen LogP contribution >= 0.6 is 11.3 Å². The van der Waals surface area contributed by atoms with Crippen LogP contribution in [0.4, 0.5) is 0 Å². The summed E-state index contributed by atoms with van der Waals surface area (Å²) in [5.74, 6) is -0.417. The van der Waals surface area contributed by atoms with Crippen LogP contribution in [0.1, 0.15) is 49.7 Å². The molecule has 8 heteroatoms. The lowest BCUT2D eigenvalue weighted by Gasteiger charge is -2.27. The first kappa shape index (κ1) is 20.4. The molecule has 0 spiro atoms. The number of oxime groups is 1. The maximum Gasteiger partial charge on any atom is 0.332 e. The molecule has 0 bridgehead atoms. The Kier molecular flexibility index (Phi) is 6.82. The average Bonchev–Trinajstić information content (AvgIpc) is 3.07. The Bertz CT molecular complexity index is 769. The first-order valence-electron chi connectivity index (χ1n) is 8.01. The van der Waals surface area contributed by atoms with Crippen molar-refractivity contribution in [2.75, 3.05) is 0 Å². The molecule has 0 aliphatic carbocycles. The number of nitrogens with zero attached hydrogens (tertiary/aromatic N) is 1. The quantitative estimate of drug-likeness (QED) is 0.258. The molecule has 140 valence electrons. The van der Waals surface area contributed by atoms with Crippen molar-refractivity contribution in [2.45, 2.75) is 38.5 Å². The second-order valence-corrected chi connectivity index (χ2v) is 9.58. The van der Waals surface area contributed by atoms with Crippen LogP contribution in [0.3, 0.4) is 0 Å². The van der Waals surface area contributed by atoms with Crippen LogP contribution in [0.2, 0.25) is 0 Å². The van der Waals surface area contributed by atoms with Gasteiger partial charge in [-0.25, -0.2) is 4.79 Å². The molecule has 1 aromatic carbocycles. The van der Waals surface area contributed by atoms with Crippen LogP contribution in [0.5, 0.6) is 0 Å². The average molecular weight is 394 g/mol. The van der Waals surface area contributed by atoms with Crippen LogP contribution in [-0.2, 0) is 21.0 Å². The standard InChI is InChI=1S/C18H23N3O3S2/c1-12(22)24-20-17(19)14-10-15(25-11-14)16(13-8-6-5-7-9-13)21-26(23)18(2,3)4/h5-11,16,21H,1-4H3,(H2,19,20)/t16-,26?/m1/s1. The second kappa shape index (κ2) is 8.68. The van der Waals surface area contributed by atoms with E-state index in [0.717, 1.165) is 10.4 Å². The van der Waals surface area contributed by atoms with Crippen molar-refractivity contribution in [1.29, 1.82) is 0 Å². The molecule has 1 heterocycles. The Hall–Kier alpha value is -1.87. The van der Waals surface area contributed by atoms with E-state index < -0.39 is 22.1 Å². The van der Waals surface area contributed by atoms with Crippen molar-refractivity contribution >= 4 is 34.5 Å². The minimum Gasteiger partial charge on any atom is -0.598 e. The maximum atomic E-state index is 12.6. The summed E-state index contributed by atoms with van der Waals surface area (Å²) in [6, 6.07) is 11.4. The van der Waals surface area contributed by atoms with E-state index in [1.807, 2.05) is 62.5 Å². The minimum absolute atomic E-state index is 0.117. The summed E-state index contributed by atoms with van der Waals surface area (Å²) in [7, 11) is 0. The topological polar surface area (TPSA) is 99.8 Å². The number of carbonyl (C=O) groups excluding carboxylic acids is 1. The monoisotopic (exact) mass is 393 g/mol. The first-order valence-corrected chi connectivity index (χ1v) is 10.0. The lowest BCUT2D eigenvalue weighted by molar-refractivity contribution is -0.140. The molecule has 2 rings (SSSR count). The SMILES string of the molecule is CC(=O)ON=C(N)c1csc([C@H](N[S+]([O-])C(C)(C)C)c2ccccc2)c1. The molecule has 26 heavy (non-hydrogen) atoms. The molecule has 0 saturated carbocycles. The summed E-state index contributed by atoms with van der Waals surface area (Å²) in [5.41, 5.74) is 7.51. The van der Waals surface area contributed by atoms with E-state index >= 15 is 0 Å². The third-order valence-corrected chi connectivity index (χ3v) is 5.95. The smallest absolute Gasteiger partial charge is 0.332 e. The molecular formula is C18H23N3O3S2. The summed E-state index contributed by atoms with van der Waals surface area (Å²) in [6.45, 7) is 7.01. The van der Waals surface area contributed by atoms with Gasteiger partial charge in [0.15, 0.2) is 5.84 Å². The molecule has 0 fully saturated rings.